The fourth-order valence-corrected chi connectivity index (χ4v) is 2.63. The normalized spacial score (nSPS) is 19.7. The quantitative estimate of drug-likeness (QED) is 0.848. The topological polar surface area (TPSA) is 31.6 Å². The molecule has 0 bridgehead atoms. The fourth-order valence-electron chi connectivity index (χ4n) is 2.63. The summed E-state index contributed by atoms with van der Waals surface area (Å²) in [5.41, 5.74) is 0. The number of hydrogen-bond acceptors (Lipinski definition) is 4. The van der Waals surface area contributed by atoms with Crippen LogP contribution in [0.3, 0.4) is 0 Å². The van der Waals surface area contributed by atoms with Crippen molar-refractivity contribution in [1.29, 1.82) is 0 Å². The summed E-state index contributed by atoms with van der Waals surface area (Å²) in [6.45, 7) is 14.4. The van der Waals surface area contributed by atoms with Crippen LogP contribution in [0.15, 0.2) is 16.5 Å². The second-order valence-electron chi connectivity index (χ2n) is 5.46. The molecule has 1 aromatic heterocycles. The van der Waals surface area contributed by atoms with Crippen molar-refractivity contribution in [2.24, 2.45) is 0 Å². The summed E-state index contributed by atoms with van der Waals surface area (Å²) >= 11 is 0. The molecule has 0 spiro atoms. The van der Waals surface area contributed by atoms with Crippen LogP contribution in [0.4, 0.5) is 0 Å². The van der Waals surface area contributed by atoms with Gasteiger partial charge in [-0.15, -0.1) is 0 Å². The number of rotatable bonds is 6. The summed E-state index contributed by atoms with van der Waals surface area (Å²) in [4.78, 5) is 5.09. The maximum Gasteiger partial charge on any atom is 0.117 e. The van der Waals surface area contributed by atoms with E-state index < -0.39 is 0 Å². The van der Waals surface area contributed by atoms with Crippen molar-refractivity contribution in [3.05, 3.63) is 23.7 Å². The minimum absolute atomic E-state index is 0.593. The molecule has 0 aromatic carbocycles. The van der Waals surface area contributed by atoms with Crippen molar-refractivity contribution in [2.45, 2.75) is 33.4 Å². The lowest BCUT2D eigenvalue weighted by Gasteiger charge is -2.37. The Morgan fingerprint density at radius 1 is 1.26 bits per heavy atom. The summed E-state index contributed by atoms with van der Waals surface area (Å²) in [7, 11) is 0. The Bertz CT molecular complexity index is 369. The van der Waals surface area contributed by atoms with Gasteiger partial charge in [-0.2, -0.15) is 0 Å². The molecule has 2 rings (SSSR count). The molecule has 0 aliphatic carbocycles. The summed E-state index contributed by atoms with van der Waals surface area (Å²) in [5.74, 6) is 2.01. The highest BCUT2D eigenvalue weighted by molar-refractivity contribution is 5.05. The molecule has 1 saturated heterocycles. The minimum atomic E-state index is 0.593. The molecule has 4 heteroatoms. The molecule has 1 aliphatic rings. The lowest BCUT2D eigenvalue weighted by molar-refractivity contribution is 0.105. The van der Waals surface area contributed by atoms with E-state index in [0.29, 0.717) is 6.04 Å². The maximum atomic E-state index is 5.56. The van der Waals surface area contributed by atoms with E-state index in [2.05, 4.69) is 29.0 Å². The van der Waals surface area contributed by atoms with E-state index in [0.717, 1.165) is 24.6 Å². The Morgan fingerprint density at radius 3 is 2.58 bits per heavy atom. The highest BCUT2D eigenvalue weighted by Gasteiger charge is 2.19. The van der Waals surface area contributed by atoms with Crippen molar-refractivity contribution in [3.8, 4) is 0 Å². The van der Waals surface area contributed by atoms with Crippen LogP contribution in [0.25, 0.3) is 0 Å². The van der Waals surface area contributed by atoms with Gasteiger partial charge in [0.1, 0.15) is 11.5 Å². The first-order chi connectivity index (χ1) is 9.19. The second kappa shape index (κ2) is 7.08. The minimum Gasteiger partial charge on any atom is -0.465 e. The Kier molecular flexibility index (Phi) is 5.43. The fraction of sp³-hybridized carbons (Fsp3) is 0.733. The number of hydrogen-bond donors (Lipinski definition) is 1. The summed E-state index contributed by atoms with van der Waals surface area (Å²) in [5, 5.41) is 3.49. The van der Waals surface area contributed by atoms with Crippen LogP contribution in [0.5, 0.6) is 0 Å². The summed E-state index contributed by atoms with van der Waals surface area (Å²) in [6.07, 6.45) is 0. The van der Waals surface area contributed by atoms with Gasteiger partial charge in [-0.1, -0.05) is 6.92 Å². The molecule has 1 atom stereocenters. The van der Waals surface area contributed by atoms with Gasteiger partial charge < -0.3 is 14.6 Å². The molecule has 0 radical (unpaired) electrons. The second-order valence-corrected chi connectivity index (χ2v) is 5.46. The number of likely N-dealkylation sites (N-methyl/N-ethyl adjacent to an activating group) is 1. The number of furan rings is 1. The lowest BCUT2D eigenvalue weighted by Crippen LogP contribution is -2.51. The summed E-state index contributed by atoms with van der Waals surface area (Å²) < 4.78 is 5.56. The molecule has 2 heterocycles. The van der Waals surface area contributed by atoms with Gasteiger partial charge in [0.05, 0.1) is 6.54 Å². The molecule has 108 valence electrons. The van der Waals surface area contributed by atoms with Gasteiger partial charge >= 0.3 is 0 Å². The molecular weight excluding hydrogens is 238 g/mol. The van der Waals surface area contributed by atoms with Gasteiger partial charge in [0, 0.05) is 38.8 Å². The largest absolute Gasteiger partial charge is 0.465 e. The maximum absolute atomic E-state index is 5.56. The van der Waals surface area contributed by atoms with Gasteiger partial charge in [-0.3, -0.25) is 4.90 Å². The monoisotopic (exact) mass is 265 g/mol. The predicted octanol–water partition coefficient (Wildman–Crippen LogP) is 1.70. The number of nitrogens with zero attached hydrogens (tertiary/aromatic N) is 2. The molecule has 1 aromatic rings. The highest BCUT2D eigenvalue weighted by atomic mass is 16.3. The van der Waals surface area contributed by atoms with Gasteiger partial charge in [-0.05, 0) is 32.5 Å². The Hall–Kier alpha value is -0.840. The molecule has 19 heavy (non-hydrogen) atoms. The van der Waals surface area contributed by atoms with Crippen LogP contribution in [0.2, 0.25) is 0 Å². The van der Waals surface area contributed by atoms with Crippen molar-refractivity contribution in [3.63, 3.8) is 0 Å². The average molecular weight is 265 g/mol. The van der Waals surface area contributed by atoms with Crippen LogP contribution in [0, 0.1) is 6.92 Å². The molecule has 1 fully saturated rings. The zero-order valence-electron chi connectivity index (χ0n) is 12.5. The number of nitrogens with one attached hydrogen (secondary N) is 1. The van der Waals surface area contributed by atoms with Crippen LogP contribution in [0.1, 0.15) is 25.4 Å². The predicted molar refractivity (Wildman–Crippen MR) is 78.3 cm³/mol. The van der Waals surface area contributed by atoms with E-state index in [1.807, 2.05) is 19.1 Å². The van der Waals surface area contributed by atoms with Crippen LogP contribution < -0.4 is 5.32 Å². The van der Waals surface area contributed by atoms with E-state index in [1.165, 1.54) is 32.7 Å². The number of piperazine rings is 1. The number of aryl methyl sites for hydroxylation is 1. The first-order valence-corrected chi connectivity index (χ1v) is 7.41. The zero-order valence-corrected chi connectivity index (χ0v) is 12.5. The lowest BCUT2D eigenvalue weighted by atomic mass is 10.2. The average Bonchev–Trinajstić information content (AvgIpc) is 2.84. The molecule has 1 aliphatic heterocycles. The zero-order chi connectivity index (χ0) is 13.7. The van der Waals surface area contributed by atoms with E-state index in [1.54, 1.807) is 0 Å². The van der Waals surface area contributed by atoms with Crippen molar-refractivity contribution < 1.29 is 4.42 Å². The molecular formula is C15H27N3O. The van der Waals surface area contributed by atoms with E-state index in [-0.39, 0.29) is 0 Å². The summed E-state index contributed by atoms with van der Waals surface area (Å²) in [6, 6.07) is 4.66. The van der Waals surface area contributed by atoms with Gasteiger partial charge in [-0.25, -0.2) is 0 Å². The molecule has 1 N–H and O–H groups in total. The Morgan fingerprint density at radius 2 is 2.00 bits per heavy atom. The molecule has 4 nitrogen and oxygen atoms in total. The highest BCUT2D eigenvalue weighted by Crippen LogP contribution is 2.07. The van der Waals surface area contributed by atoms with Crippen LogP contribution in [-0.4, -0.2) is 55.1 Å². The first kappa shape index (κ1) is 14.6. The molecule has 0 saturated carbocycles. The van der Waals surface area contributed by atoms with Gasteiger partial charge in [0.2, 0.25) is 0 Å². The van der Waals surface area contributed by atoms with Crippen molar-refractivity contribution in [2.75, 3.05) is 39.3 Å². The van der Waals surface area contributed by atoms with E-state index in [9.17, 15) is 0 Å². The SMILES string of the molecule is CCN1CCN(C(C)CNCc2ccc(C)o2)CC1. The van der Waals surface area contributed by atoms with Gasteiger partial charge in [0.15, 0.2) is 0 Å². The Balaban J connectivity index is 1.65. The van der Waals surface area contributed by atoms with Crippen molar-refractivity contribution in [1.82, 2.24) is 15.1 Å². The third kappa shape index (κ3) is 4.34. The smallest absolute Gasteiger partial charge is 0.117 e. The van der Waals surface area contributed by atoms with Crippen LogP contribution in [-0.2, 0) is 6.54 Å². The Labute approximate surface area is 116 Å². The van der Waals surface area contributed by atoms with E-state index in [4.69, 9.17) is 4.42 Å². The van der Waals surface area contributed by atoms with E-state index >= 15 is 0 Å². The standard InChI is InChI=1S/C15H27N3O/c1-4-17-7-9-18(10-8-17)13(2)11-16-12-15-6-5-14(3)19-15/h5-6,13,16H,4,7-12H2,1-3H3. The third-order valence-corrected chi connectivity index (χ3v) is 4.01. The van der Waals surface area contributed by atoms with Gasteiger partial charge in [0.25, 0.3) is 0 Å². The first-order valence-electron chi connectivity index (χ1n) is 7.41. The molecule has 0 amide bonds. The van der Waals surface area contributed by atoms with Crippen molar-refractivity contribution >= 4 is 0 Å². The third-order valence-electron chi connectivity index (χ3n) is 4.01. The molecule has 1 unspecified atom stereocenters. The van der Waals surface area contributed by atoms with Crippen LogP contribution >= 0.6 is 0 Å².